The van der Waals surface area contributed by atoms with Gasteiger partial charge in [0.25, 0.3) is 5.91 Å². The molecule has 3 aromatic rings. The van der Waals surface area contributed by atoms with Crippen LogP contribution in [0.1, 0.15) is 27.8 Å². The second-order valence-corrected chi connectivity index (χ2v) is 8.08. The van der Waals surface area contributed by atoms with E-state index >= 15 is 0 Å². The zero-order valence-electron chi connectivity index (χ0n) is 18.3. The predicted octanol–water partition coefficient (Wildman–Crippen LogP) is 2.47. The molecule has 0 spiro atoms. The largest absolute Gasteiger partial charge is 0.497 e. The number of aryl methyl sites for hydroxylation is 1. The predicted molar refractivity (Wildman–Crippen MR) is 122 cm³/mol. The third-order valence-corrected chi connectivity index (χ3v) is 5.85. The van der Waals surface area contributed by atoms with Crippen LogP contribution in [-0.2, 0) is 11.8 Å². The van der Waals surface area contributed by atoms with E-state index in [-0.39, 0.29) is 11.7 Å². The molecule has 0 aliphatic rings. The van der Waals surface area contributed by atoms with E-state index in [1.165, 1.54) is 19.2 Å². The average molecular weight is 474 g/mol. The summed E-state index contributed by atoms with van der Waals surface area (Å²) in [6.45, 7) is 1.38. The number of amides is 2. The first-order valence-corrected chi connectivity index (χ1v) is 10.9. The van der Waals surface area contributed by atoms with Crippen LogP contribution in [0.4, 0.5) is 10.1 Å². The first-order chi connectivity index (χ1) is 15.8. The molecule has 9 nitrogen and oxygen atoms in total. The number of benzene rings is 2. The third-order valence-electron chi connectivity index (χ3n) is 4.83. The van der Waals surface area contributed by atoms with E-state index in [4.69, 9.17) is 4.74 Å². The Balaban J connectivity index is 1.62. The summed E-state index contributed by atoms with van der Waals surface area (Å²) in [6.07, 6.45) is 0. The Morgan fingerprint density at radius 2 is 1.94 bits per heavy atom. The van der Waals surface area contributed by atoms with Gasteiger partial charge < -0.3 is 25.0 Å². The molecule has 0 unspecified atom stereocenters. The van der Waals surface area contributed by atoms with Crippen LogP contribution in [0.2, 0.25) is 0 Å². The summed E-state index contributed by atoms with van der Waals surface area (Å²) in [4.78, 5) is 24.8. The fourth-order valence-electron chi connectivity index (χ4n) is 2.98. The van der Waals surface area contributed by atoms with Crippen molar-refractivity contribution in [1.82, 2.24) is 20.1 Å². The molecule has 0 aliphatic carbocycles. The zero-order valence-corrected chi connectivity index (χ0v) is 19.1. The molecule has 0 saturated carbocycles. The van der Waals surface area contributed by atoms with Gasteiger partial charge in [-0.15, -0.1) is 10.2 Å². The molecule has 3 N–H and O–H groups in total. The number of rotatable bonds is 9. The highest BCUT2D eigenvalue weighted by Gasteiger charge is 2.22. The minimum atomic E-state index is -0.796. The minimum Gasteiger partial charge on any atom is -0.497 e. The molecule has 0 aliphatic heterocycles. The number of aliphatic hydroxyl groups is 1. The molecule has 33 heavy (non-hydrogen) atoms. The molecule has 0 fully saturated rings. The highest BCUT2D eigenvalue weighted by molar-refractivity contribution is 7.99. The normalized spacial score (nSPS) is 11.7. The first-order valence-electron chi connectivity index (χ1n) is 9.96. The number of ether oxygens (including phenoxy) is 1. The van der Waals surface area contributed by atoms with Gasteiger partial charge in [0.15, 0.2) is 11.0 Å². The van der Waals surface area contributed by atoms with Crippen molar-refractivity contribution in [2.24, 2.45) is 7.05 Å². The highest BCUT2D eigenvalue weighted by atomic mass is 32.2. The Morgan fingerprint density at radius 3 is 2.61 bits per heavy atom. The van der Waals surface area contributed by atoms with Crippen LogP contribution in [0, 0.1) is 12.7 Å². The number of thioether (sulfide) groups is 1. The first kappa shape index (κ1) is 24.2. The maximum atomic E-state index is 13.4. The molecular weight excluding hydrogens is 449 g/mol. The van der Waals surface area contributed by atoms with Gasteiger partial charge in [0.2, 0.25) is 5.91 Å². The van der Waals surface area contributed by atoms with Gasteiger partial charge in [0.05, 0.1) is 19.5 Å². The van der Waals surface area contributed by atoms with Crippen molar-refractivity contribution in [3.8, 4) is 5.75 Å². The lowest BCUT2D eigenvalue weighted by molar-refractivity contribution is -0.113. The molecule has 1 aromatic heterocycles. The molecule has 2 aromatic carbocycles. The third kappa shape index (κ3) is 6.08. The quantitative estimate of drug-likeness (QED) is 0.409. The maximum Gasteiger partial charge on any atom is 0.251 e. The van der Waals surface area contributed by atoms with Crippen molar-refractivity contribution in [3.63, 3.8) is 0 Å². The van der Waals surface area contributed by atoms with Crippen LogP contribution in [0.3, 0.4) is 0 Å². The Bertz CT molecular complexity index is 1140. The second-order valence-electron chi connectivity index (χ2n) is 7.13. The summed E-state index contributed by atoms with van der Waals surface area (Å²) in [6, 6.07) is 9.92. The number of carbonyl (C=O) groups is 2. The van der Waals surface area contributed by atoms with Crippen molar-refractivity contribution in [1.29, 1.82) is 0 Å². The number of aromatic nitrogens is 3. The number of aliphatic hydroxyl groups excluding tert-OH is 1. The Morgan fingerprint density at radius 1 is 1.21 bits per heavy atom. The lowest BCUT2D eigenvalue weighted by Crippen LogP contribution is -2.32. The molecule has 0 radical (unpaired) electrons. The molecular formula is C22H24FN5O4S. The fourth-order valence-corrected chi connectivity index (χ4v) is 3.69. The van der Waals surface area contributed by atoms with E-state index in [9.17, 15) is 19.1 Å². The van der Waals surface area contributed by atoms with Crippen molar-refractivity contribution in [2.75, 3.05) is 24.8 Å². The maximum absolute atomic E-state index is 13.4. The van der Waals surface area contributed by atoms with Gasteiger partial charge in [-0.2, -0.15) is 0 Å². The summed E-state index contributed by atoms with van der Waals surface area (Å²) in [7, 11) is 3.21. The topological polar surface area (TPSA) is 118 Å². The highest BCUT2D eigenvalue weighted by Crippen LogP contribution is 2.21. The van der Waals surface area contributed by atoms with Crippen LogP contribution >= 0.6 is 11.8 Å². The SMILES string of the molecule is COc1ccc(C(=O)N[C@@H](CO)c2nnc(SCC(=O)Nc3cc(F)ccc3C)n2C)cc1. The number of hydrogen-bond donors (Lipinski definition) is 3. The Hall–Kier alpha value is -3.44. The van der Waals surface area contributed by atoms with Gasteiger partial charge in [-0.1, -0.05) is 17.8 Å². The van der Waals surface area contributed by atoms with Crippen molar-refractivity contribution >= 4 is 29.3 Å². The van der Waals surface area contributed by atoms with Crippen molar-refractivity contribution in [3.05, 3.63) is 65.2 Å². The molecule has 0 saturated heterocycles. The van der Waals surface area contributed by atoms with Crippen molar-refractivity contribution in [2.45, 2.75) is 18.1 Å². The minimum absolute atomic E-state index is 0.0178. The van der Waals surface area contributed by atoms with E-state index < -0.39 is 24.4 Å². The number of nitrogens with zero attached hydrogens (tertiary/aromatic N) is 3. The van der Waals surface area contributed by atoms with Gasteiger partial charge in [-0.3, -0.25) is 9.59 Å². The number of carbonyl (C=O) groups excluding carboxylic acids is 2. The Labute approximate surface area is 194 Å². The van der Waals surface area contributed by atoms with E-state index in [0.717, 1.165) is 17.3 Å². The second kappa shape index (κ2) is 10.9. The van der Waals surface area contributed by atoms with Crippen LogP contribution in [-0.4, -0.2) is 51.2 Å². The van der Waals surface area contributed by atoms with Crippen LogP contribution in [0.15, 0.2) is 47.6 Å². The van der Waals surface area contributed by atoms with Crippen molar-refractivity contribution < 1.29 is 23.8 Å². The van der Waals surface area contributed by atoms with Crippen LogP contribution in [0.5, 0.6) is 5.75 Å². The van der Waals surface area contributed by atoms with Gasteiger partial charge in [0.1, 0.15) is 17.6 Å². The molecule has 1 atom stereocenters. The number of anilines is 1. The number of nitrogens with one attached hydrogen (secondary N) is 2. The zero-order chi connectivity index (χ0) is 24.0. The van der Waals surface area contributed by atoms with Gasteiger partial charge in [-0.25, -0.2) is 4.39 Å². The van der Waals surface area contributed by atoms with E-state index in [2.05, 4.69) is 20.8 Å². The Kier molecular flexibility index (Phi) is 8.01. The van der Waals surface area contributed by atoms with Crippen LogP contribution in [0.25, 0.3) is 0 Å². The molecule has 1 heterocycles. The lowest BCUT2D eigenvalue weighted by Gasteiger charge is -2.16. The van der Waals surface area contributed by atoms with Gasteiger partial charge in [-0.05, 0) is 48.9 Å². The monoisotopic (exact) mass is 473 g/mol. The standard InChI is InChI=1S/C22H24FN5O4S/c1-13-4-7-15(23)10-17(13)24-19(30)12-33-22-27-26-20(28(22)2)18(11-29)25-21(31)14-5-8-16(32-3)9-6-14/h4-10,18,29H,11-12H2,1-3H3,(H,24,30)(H,25,31)/t18-/m0/s1. The fraction of sp³-hybridized carbons (Fsp3) is 0.273. The summed E-state index contributed by atoms with van der Waals surface area (Å²) in [5, 5.41) is 23.7. The number of hydrogen-bond acceptors (Lipinski definition) is 7. The summed E-state index contributed by atoms with van der Waals surface area (Å²) >= 11 is 1.13. The average Bonchev–Trinajstić information content (AvgIpc) is 3.18. The number of halogens is 1. The summed E-state index contributed by atoms with van der Waals surface area (Å²) in [5.74, 6) is -0.180. The van der Waals surface area contributed by atoms with Gasteiger partial charge in [0, 0.05) is 18.3 Å². The lowest BCUT2D eigenvalue weighted by atomic mass is 10.2. The molecule has 174 valence electrons. The van der Waals surface area contributed by atoms with E-state index in [1.54, 1.807) is 48.9 Å². The molecule has 3 rings (SSSR count). The molecule has 0 bridgehead atoms. The summed E-state index contributed by atoms with van der Waals surface area (Å²) < 4.78 is 20.1. The number of methoxy groups -OCH3 is 1. The summed E-state index contributed by atoms with van der Waals surface area (Å²) in [5.41, 5.74) is 1.55. The van der Waals surface area contributed by atoms with E-state index in [0.29, 0.717) is 28.0 Å². The molecule has 11 heteroatoms. The van der Waals surface area contributed by atoms with Gasteiger partial charge >= 0.3 is 0 Å². The van der Waals surface area contributed by atoms with E-state index in [1.807, 2.05) is 0 Å². The molecule has 2 amide bonds. The van der Waals surface area contributed by atoms with Crippen LogP contribution < -0.4 is 15.4 Å². The smallest absolute Gasteiger partial charge is 0.251 e.